The van der Waals surface area contributed by atoms with Gasteiger partial charge in [0.25, 0.3) is 0 Å². The Kier molecular flexibility index (Phi) is 6.55. The third-order valence-corrected chi connectivity index (χ3v) is 10.7. The third-order valence-electron chi connectivity index (χ3n) is 10.7. The van der Waals surface area contributed by atoms with Gasteiger partial charge in [-0.3, -0.25) is 0 Å². The maximum Gasteiger partial charge on any atom is 0.159 e. The van der Waals surface area contributed by atoms with E-state index in [0.29, 0.717) is 0 Å². The van der Waals surface area contributed by atoms with Crippen molar-refractivity contribution in [3.63, 3.8) is 0 Å². The number of furan rings is 2. The zero-order chi connectivity index (χ0) is 34.9. The highest BCUT2D eigenvalue weighted by Crippen LogP contribution is 2.47. The smallest absolute Gasteiger partial charge is 0.159 e. The van der Waals surface area contributed by atoms with Gasteiger partial charge in [0, 0.05) is 27.4 Å². The quantitative estimate of drug-likeness (QED) is 0.170. The fourth-order valence-electron chi connectivity index (χ4n) is 8.26. The second-order valence-electron chi connectivity index (χ2n) is 13.6. The van der Waals surface area contributed by atoms with Crippen molar-refractivity contribution in [3.8, 4) is 22.3 Å². The first-order valence-corrected chi connectivity index (χ1v) is 18.0. The number of fused-ring (bicyclic) bond motifs is 9. The number of para-hydroxylation sites is 3. The van der Waals surface area contributed by atoms with Crippen LogP contribution in [0.2, 0.25) is 0 Å². The number of hydrogen-bond donors (Lipinski definition) is 0. The van der Waals surface area contributed by atoms with Crippen LogP contribution in [0.15, 0.2) is 197 Å². The van der Waals surface area contributed by atoms with Crippen molar-refractivity contribution in [2.75, 3.05) is 4.90 Å². The van der Waals surface area contributed by atoms with Gasteiger partial charge in [0.05, 0.1) is 16.8 Å². The Morgan fingerprint density at radius 1 is 0.340 bits per heavy atom. The first-order valence-electron chi connectivity index (χ1n) is 18.0. The van der Waals surface area contributed by atoms with Crippen molar-refractivity contribution in [2.45, 2.75) is 0 Å². The number of rotatable bonds is 5. The van der Waals surface area contributed by atoms with Crippen molar-refractivity contribution >= 4 is 82.5 Å². The van der Waals surface area contributed by atoms with E-state index in [9.17, 15) is 0 Å². The molecular weight excluding hydrogens is 647 g/mol. The second-order valence-corrected chi connectivity index (χ2v) is 13.6. The Balaban J connectivity index is 1.16. The van der Waals surface area contributed by atoms with Gasteiger partial charge in [0.2, 0.25) is 0 Å². The Hall–Kier alpha value is -7.10. The first kappa shape index (κ1) is 29.6. The van der Waals surface area contributed by atoms with Gasteiger partial charge in [0.15, 0.2) is 5.58 Å². The zero-order valence-electron chi connectivity index (χ0n) is 28.7. The number of anilines is 3. The monoisotopic (exact) mass is 677 g/mol. The minimum absolute atomic E-state index is 0.834. The fraction of sp³-hybridized carbons (Fsp3) is 0. The number of benzene rings is 9. The molecule has 0 unspecified atom stereocenters. The normalized spacial score (nSPS) is 11.8. The molecule has 2 heterocycles. The number of hydrogen-bond acceptors (Lipinski definition) is 3. The SMILES string of the molecule is c1ccc(-c2cccc3c2oc2c(N(c4ccc(-c5cc6ccccc6c6ccccc56)cc4)c4cccc5oc6ccccc6c45)cccc23)cc1. The molecule has 3 heteroatoms. The van der Waals surface area contributed by atoms with Crippen LogP contribution in [0.4, 0.5) is 17.1 Å². The van der Waals surface area contributed by atoms with Gasteiger partial charge < -0.3 is 13.7 Å². The van der Waals surface area contributed by atoms with Gasteiger partial charge in [-0.25, -0.2) is 0 Å². The standard InChI is InChI=1S/C50H31NO2/c1-2-13-32(14-3-1)37-20-10-21-40-41-22-11-24-45(50(41)53-49(37)40)51(44-23-12-26-47-48(44)42-19-8-9-25-46(42)52-47)35-29-27-33(28-30-35)43-31-34-15-4-5-16-36(34)38-17-6-7-18-39(38)43/h1-31H. The molecule has 11 rings (SSSR count). The molecule has 0 aliphatic carbocycles. The van der Waals surface area contributed by atoms with E-state index in [-0.39, 0.29) is 0 Å². The molecule has 0 N–H and O–H groups in total. The van der Waals surface area contributed by atoms with E-state index in [0.717, 1.165) is 77.6 Å². The summed E-state index contributed by atoms with van der Waals surface area (Å²) in [7, 11) is 0. The summed E-state index contributed by atoms with van der Waals surface area (Å²) in [4.78, 5) is 2.33. The maximum atomic E-state index is 6.99. The van der Waals surface area contributed by atoms with Gasteiger partial charge in [-0.2, -0.15) is 0 Å². The molecule has 0 spiro atoms. The lowest BCUT2D eigenvalue weighted by molar-refractivity contribution is 0.668. The predicted molar refractivity (Wildman–Crippen MR) is 222 cm³/mol. The zero-order valence-corrected chi connectivity index (χ0v) is 28.7. The van der Waals surface area contributed by atoms with E-state index in [2.05, 4.69) is 175 Å². The van der Waals surface area contributed by atoms with Crippen LogP contribution in [-0.4, -0.2) is 0 Å². The summed E-state index contributed by atoms with van der Waals surface area (Å²) in [5.74, 6) is 0. The summed E-state index contributed by atoms with van der Waals surface area (Å²) >= 11 is 0. The van der Waals surface area contributed by atoms with Gasteiger partial charge in [-0.05, 0) is 80.7 Å². The lowest BCUT2D eigenvalue weighted by Gasteiger charge is -2.26. The molecule has 9 aromatic carbocycles. The van der Waals surface area contributed by atoms with E-state index in [1.54, 1.807) is 0 Å². The largest absolute Gasteiger partial charge is 0.456 e. The van der Waals surface area contributed by atoms with Crippen molar-refractivity contribution in [1.29, 1.82) is 0 Å². The van der Waals surface area contributed by atoms with Crippen LogP contribution >= 0.6 is 0 Å². The van der Waals surface area contributed by atoms with Gasteiger partial charge in [-0.15, -0.1) is 0 Å². The van der Waals surface area contributed by atoms with Crippen molar-refractivity contribution < 1.29 is 8.83 Å². The molecule has 2 aromatic heterocycles. The minimum atomic E-state index is 0.834. The maximum absolute atomic E-state index is 6.99. The highest BCUT2D eigenvalue weighted by molar-refractivity contribution is 6.18. The molecular formula is C50H31NO2. The molecule has 0 aliphatic heterocycles. The van der Waals surface area contributed by atoms with Crippen LogP contribution in [0.5, 0.6) is 0 Å². The van der Waals surface area contributed by atoms with Crippen LogP contribution in [0.25, 0.3) is 87.7 Å². The lowest BCUT2D eigenvalue weighted by Crippen LogP contribution is -2.10. The van der Waals surface area contributed by atoms with Crippen molar-refractivity contribution in [3.05, 3.63) is 188 Å². The van der Waals surface area contributed by atoms with E-state index in [1.165, 1.54) is 27.1 Å². The van der Waals surface area contributed by atoms with Crippen LogP contribution in [-0.2, 0) is 0 Å². The molecule has 0 saturated carbocycles. The van der Waals surface area contributed by atoms with Crippen LogP contribution in [0.1, 0.15) is 0 Å². The summed E-state index contributed by atoms with van der Waals surface area (Å²) < 4.78 is 13.4. The average Bonchev–Trinajstić information content (AvgIpc) is 3.81. The summed E-state index contributed by atoms with van der Waals surface area (Å²) in [5.41, 5.74) is 11.0. The lowest BCUT2D eigenvalue weighted by atomic mass is 9.93. The van der Waals surface area contributed by atoms with Crippen LogP contribution in [0, 0.1) is 0 Å². The topological polar surface area (TPSA) is 29.5 Å². The molecule has 11 aromatic rings. The fourth-order valence-corrected chi connectivity index (χ4v) is 8.26. The van der Waals surface area contributed by atoms with Crippen LogP contribution < -0.4 is 4.90 Å². The second kappa shape index (κ2) is 11.7. The summed E-state index contributed by atoms with van der Waals surface area (Å²) in [6, 6.07) is 66.6. The molecule has 0 amide bonds. The molecule has 0 fully saturated rings. The summed E-state index contributed by atoms with van der Waals surface area (Å²) in [6.45, 7) is 0. The Morgan fingerprint density at radius 3 is 1.79 bits per heavy atom. The van der Waals surface area contributed by atoms with E-state index in [1.807, 2.05) is 18.2 Å². The van der Waals surface area contributed by atoms with E-state index < -0.39 is 0 Å². The summed E-state index contributed by atoms with van der Waals surface area (Å²) in [5, 5.41) is 9.30. The van der Waals surface area contributed by atoms with Gasteiger partial charge in [-0.1, -0.05) is 146 Å². The van der Waals surface area contributed by atoms with Gasteiger partial charge >= 0.3 is 0 Å². The molecule has 0 bridgehead atoms. The van der Waals surface area contributed by atoms with E-state index >= 15 is 0 Å². The molecule has 0 saturated heterocycles. The van der Waals surface area contributed by atoms with Gasteiger partial charge in [0.1, 0.15) is 16.7 Å². The predicted octanol–water partition coefficient (Wildman–Crippen LogP) is 14.6. The molecule has 53 heavy (non-hydrogen) atoms. The molecule has 0 aliphatic rings. The number of nitrogens with zero attached hydrogens (tertiary/aromatic N) is 1. The van der Waals surface area contributed by atoms with Crippen LogP contribution in [0.3, 0.4) is 0 Å². The Morgan fingerprint density at radius 2 is 0.943 bits per heavy atom. The first-order chi connectivity index (χ1) is 26.3. The molecule has 0 radical (unpaired) electrons. The highest BCUT2D eigenvalue weighted by Gasteiger charge is 2.24. The van der Waals surface area contributed by atoms with Crippen molar-refractivity contribution in [2.24, 2.45) is 0 Å². The van der Waals surface area contributed by atoms with E-state index in [4.69, 9.17) is 8.83 Å². The Labute approximate surface area is 305 Å². The molecule has 0 atom stereocenters. The average molecular weight is 678 g/mol. The Bertz CT molecular complexity index is 3170. The minimum Gasteiger partial charge on any atom is -0.456 e. The molecule has 248 valence electrons. The molecule has 3 nitrogen and oxygen atoms in total. The summed E-state index contributed by atoms with van der Waals surface area (Å²) in [6.07, 6.45) is 0. The highest BCUT2D eigenvalue weighted by atomic mass is 16.3. The van der Waals surface area contributed by atoms with Crippen molar-refractivity contribution in [1.82, 2.24) is 0 Å². The third kappa shape index (κ3) is 4.61.